The summed E-state index contributed by atoms with van der Waals surface area (Å²) >= 11 is 3.15. The lowest BCUT2D eigenvalue weighted by molar-refractivity contribution is 0.0802. The molecule has 0 fully saturated rings. The quantitative estimate of drug-likeness (QED) is 0.794. The zero-order valence-corrected chi connectivity index (χ0v) is 12.4. The van der Waals surface area contributed by atoms with Crippen molar-refractivity contribution in [2.45, 2.75) is 11.8 Å². The standard InChI is InChI=1S/C10H11BrClNO3S/c1-3-13(2)10(14)7-4-8(11)6-9(5-7)17(12,15)16/h4-6H,3H2,1-2H3. The predicted octanol–water partition coefficient (Wildman–Crippen LogP) is 2.47. The van der Waals surface area contributed by atoms with Gasteiger partial charge in [0.1, 0.15) is 0 Å². The van der Waals surface area contributed by atoms with Gasteiger partial charge in [0.05, 0.1) is 4.90 Å². The molecule has 4 nitrogen and oxygen atoms in total. The van der Waals surface area contributed by atoms with Crippen molar-refractivity contribution < 1.29 is 13.2 Å². The molecule has 7 heteroatoms. The van der Waals surface area contributed by atoms with Crippen LogP contribution >= 0.6 is 26.6 Å². The monoisotopic (exact) mass is 339 g/mol. The number of carbonyl (C=O) groups excluding carboxylic acids is 1. The van der Waals surface area contributed by atoms with E-state index < -0.39 is 9.05 Å². The molecule has 1 amide bonds. The number of hydrogen-bond donors (Lipinski definition) is 0. The van der Waals surface area contributed by atoms with Crippen molar-refractivity contribution in [3.8, 4) is 0 Å². The Morgan fingerprint density at radius 2 is 2.00 bits per heavy atom. The van der Waals surface area contributed by atoms with Gasteiger partial charge < -0.3 is 4.90 Å². The Morgan fingerprint density at radius 3 is 2.47 bits per heavy atom. The fourth-order valence-corrected chi connectivity index (χ4v) is 2.64. The molecule has 1 aromatic rings. The number of rotatable bonds is 3. The highest BCUT2D eigenvalue weighted by molar-refractivity contribution is 9.10. The molecule has 0 saturated heterocycles. The van der Waals surface area contributed by atoms with E-state index in [1.165, 1.54) is 17.0 Å². The molecule has 0 heterocycles. The first kappa shape index (κ1) is 14.5. The van der Waals surface area contributed by atoms with E-state index in [-0.39, 0.29) is 16.4 Å². The van der Waals surface area contributed by atoms with E-state index in [1.54, 1.807) is 13.1 Å². The number of carbonyl (C=O) groups is 1. The SMILES string of the molecule is CCN(C)C(=O)c1cc(Br)cc(S(=O)(=O)Cl)c1. The van der Waals surface area contributed by atoms with Gasteiger partial charge in [-0.1, -0.05) is 15.9 Å². The van der Waals surface area contributed by atoms with Crippen molar-refractivity contribution >= 4 is 41.6 Å². The van der Waals surface area contributed by atoms with Gasteiger partial charge in [-0.05, 0) is 25.1 Å². The summed E-state index contributed by atoms with van der Waals surface area (Å²) < 4.78 is 22.9. The lowest BCUT2D eigenvalue weighted by Gasteiger charge is -2.15. The molecular weight excluding hydrogens is 330 g/mol. The Morgan fingerprint density at radius 1 is 1.41 bits per heavy atom. The van der Waals surface area contributed by atoms with Gasteiger partial charge in [-0.2, -0.15) is 0 Å². The maximum absolute atomic E-state index is 11.9. The molecule has 0 saturated carbocycles. The van der Waals surface area contributed by atoms with Crippen LogP contribution in [0.1, 0.15) is 17.3 Å². The molecule has 0 spiro atoms. The van der Waals surface area contributed by atoms with E-state index in [1.807, 2.05) is 6.92 Å². The molecule has 0 unspecified atom stereocenters. The van der Waals surface area contributed by atoms with Crippen molar-refractivity contribution in [2.75, 3.05) is 13.6 Å². The Balaban J connectivity index is 3.28. The van der Waals surface area contributed by atoms with Crippen molar-refractivity contribution in [1.29, 1.82) is 0 Å². The van der Waals surface area contributed by atoms with Crippen LogP contribution in [0.3, 0.4) is 0 Å². The normalized spacial score (nSPS) is 11.3. The third-order valence-electron chi connectivity index (χ3n) is 2.22. The molecular formula is C10H11BrClNO3S. The van der Waals surface area contributed by atoms with Crippen LogP contribution in [0, 0.1) is 0 Å². The number of hydrogen-bond acceptors (Lipinski definition) is 3. The third kappa shape index (κ3) is 3.69. The van der Waals surface area contributed by atoms with Crippen molar-refractivity contribution in [3.63, 3.8) is 0 Å². The minimum atomic E-state index is -3.84. The minimum Gasteiger partial charge on any atom is -0.342 e. The average molecular weight is 341 g/mol. The van der Waals surface area contributed by atoms with E-state index in [2.05, 4.69) is 15.9 Å². The Hall–Kier alpha value is -0.590. The minimum absolute atomic E-state index is 0.0959. The van der Waals surface area contributed by atoms with Crippen LogP contribution in [-0.4, -0.2) is 32.8 Å². The predicted molar refractivity (Wildman–Crippen MR) is 69.8 cm³/mol. The number of benzene rings is 1. The van der Waals surface area contributed by atoms with E-state index >= 15 is 0 Å². The summed E-state index contributed by atoms with van der Waals surface area (Å²) in [5.74, 6) is -0.254. The van der Waals surface area contributed by atoms with Crippen molar-refractivity contribution in [1.82, 2.24) is 4.90 Å². The number of halogens is 2. The summed E-state index contributed by atoms with van der Waals surface area (Å²) in [5.41, 5.74) is 0.281. The molecule has 94 valence electrons. The van der Waals surface area contributed by atoms with Crippen molar-refractivity contribution in [2.24, 2.45) is 0 Å². The van der Waals surface area contributed by atoms with Crippen LogP contribution in [0.15, 0.2) is 27.6 Å². The molecule has 0 aromatic heterocycles. The smallest absolute Gasteiger partial charge is 0.261 e. The molecule has 0 aliphatic rings. The van der Waals surface area contributed by atoms with Crippen LogP contribution in [0.5, 0.6) is 0 Å². The van der Waals surface area contributed by atoms with Gasteiger partial charge in [-0.25, -0.2) is 8.42 Å². The van der Waals surface area contributed by atoms with Gasteiger partial charge in [-0.15, -0.1) is 0 Å². The zero-order chi connectivity index (χ0) is 13.2. The molecule has 0 aliphatic carbocycles. The van der Waals surface area contributed by atoms with Gasteiger partial charge in [0.25, 0.3) is 15.0 Å². The lowest BCUT2D eigenvalue weighted by atomic mass is 10.2. The number of amides is 1. The summed E-state index contributed by atoms with van der Waals surface area (Å²) in [7, 11) is 3.04. The first-order valence-corrected chi connectivity index (χ1v) is 7.86. The summed E-state index contributed by atoms with van der Waals surface area (Å²) in [5, 5.41) is 0. The second-order valence-corrected chi connectivity index (χ2v) is 6.91. The first-order valence-electron chi connectivity index (χ1n) is 4.76. The summed E-state index contributed by atoms with van der Waals surface area (Å²) in [6, 6.07) is 4.17. The highest BCUT2D eigenvalue weighted by Gasteiger charge is 2.16. The Labute approximate surface area is 113 Å². The zero-order valence-electron chi connectivity index (χ0n) is 9.28. The van der Waals surface area contributed by atoms with Crippen LogP contribution in [-0.2, 0) is 9.05 Å². The molecule has 17 heavy (non-hydrogen) atoms. The molecule has 0 bridgehead atoms. The van der Waals surface area contributed by atoms with Crippen LogP contribution in [0.2, 0.25) is 0 Å². The Bertz CT molecular complexity index is 544. The first-order chi connectivity index (χ1) is 7.75. The fourth-order valence-electron chi connectivity index (χ4n) is 1.19. The maximum Gasteiger partial charge on any atom is 0.261 e. The topological polar surface area (TPSA) is 54.5 Å². The third-order valence-corrected chi connectivity index (χ3v) is 4.01. The van der Waals surface area contributed by atoms with Crippen molar-refractivity contribution in [3.05, 3.63) is 28.2 Å². The summed E-state index contributed by atoms with van der Waals surface area (Å²) in [6.07, 6.45) is 0. The second kappa shape index (κ2) is 5.37. The lowest BCUT2D eigenvalue weighted by Crippen LogP contribution is -2.26. The second-order valence-electron chi connectivity index (χ2n) is 3.43. The van der Waals surface area contributed by atoms with Gasteiger partial charge in [-0.3, -0.25) is 4.79 Å². The van der Waals surface area contributed by atoms with E-state index in [9.17, 15) is 13.2 Å². The number of nitrogens with zero attached hydrogens (tertiary/aromatic N) is 1. The van der Waals surface area contributed by atoms with E-state index in [0.717, 1.165) is 0 Å². The molecule has 1 rings (SSSR count). The molecule has 0 aliphatic heterocycles. The van der Waals surface area contributed by atoms with Crippen LogP contribution < -0.4 is 0 Å². The summed E-state index contributed by atoms with van der Waals surface area (Å²) in [4.78, 5) is 13.3. The molecule has 0 N–H and O–H groups in total. The van der Waals surface area contributed by atoms with Gasteiger partial charge >= 0.3 is 0 Å². The van der Waals surface area contributed by atoms with E-state index in [4.69, 9.17) is 10.7 Å². The van der Waals surface area contributed by atoms with Crippen LogP contribution in [0.4, 0.5) is 0 Å². The summed E-state index contributed by atoms with van der Waals surface area (Å²) in [6.45, 7) is 2.36. The Kier molecular flexibility index (Phi) is 4.57. The largest absolute Gasteiger partial charge is 0.342 e. The van der Waals surface area contributed by atoms with Gasteiger partial charge in [0.2, 0.25) is 0 Å². The molecule has 0 radical (unpaired) electrons. The van der Waals surface area contributed by atoms with Gasteiger partial charge in [0, 0.05) is 34.3 Å². The maximum atomic E-state index is 11.9. The van der Waals surface area contributed by atoms with Gasteiger partial charge in [0.15, 0.2) is 0 Å². The molecule has 1 aromatic carbocycles. The highest BCUT2D eigenvalue weighted by atomic mass is 79.9. The fraction of sp³-hybridized carbons (Fsp3) is 0.300. The van der Waals surface area contributed by atoms with Crippen LogP contribution in [0.25, 0.3) is 0 Å². The highest BCUT2D eigenvalue weighted by Crippen LogP contribution is 2.23. The average Bonchev–Trinajstić information content (AvgIpc) is 2.25. The molecule has 0 atom stereocenters. The van der Waals surface area contributed by atoms with E-state index in [0.29, 0.717) is 11.0 Å².